The summed E-state index contributed by atoms with van der Waals surface area (Å²) in [5.74, 6) is 1.72. The Morgan fingerprint density at radius 3 is 3.00 bits per heavy atom. The van der Waals surface area contributed by atoms with Gasteiger partial charge in [0.1, 0.15) is 5.82 Å². The van der Waals surface area contributed by atoms with E-state index in [1.807, 2.05) is 24.3 Å². The number of fused-ring (bicyclic) bond motifs is 1. The first kappa shape index (κ1) is 15.5. The molecule has 1 aromatic heterocycles. The fourth-order valence-electron chi connectivity index (χ4n) is 3.88. The molecule has 0 unspecified atom stereocenters. The van der Waals surface area contributed by atoms with Crippen LogP contribution in [-0.2, 0) is 17.8 Å². The Morgan fingerprint density at radius 1 is 1.45 bits per heavy atom. The SMILES string of the molecule is CN(C[C@H]1CCc2nccn2C1)C(=O)CC1(O)CCCCC1. The Bertz CT molecular complexity index is 520. The maximum Gasteiger partial charge on any atom is 0.225 e. The van der Waals surface area contributed by atoms with Gasteiger partial charge in [-0.05, 0) is 25.2 Å². The van der Waals surface area contributed by atoms with Crippen LogP contribution < -0.4 is 0 Å². The van der Waals surface area contributed by atoms with E-state index in [4.69, 9.17) is 0 Å². The summed E-state index contributed by atoms with van der Waals surface area (Å²) in [5, 5.41) is 10.5. The van der Waals surface area contributed by atoms with Gasteiger partial charge in [-0.2, -0.15) is 0 Å². The number of carbonyl (C=O) groups is 1. The van der Waals surface area contributed by atoms with Gasteiger partial charge in [-0.25, -0.2) is 4.98 Å². The monoisotopic (exact) mass is 305 g/mol. The zero-order valence-corrected chi connectivity index (χ0v) is 13.5. The minimum Gasteiger partial charge on any atom is -0.389 e. The van der Waals surface area contributed by atoms with E-state index < -0.39 is 5.60 Å². The number of aromatic nitrogens is 2. The minimum absolute atomic E-state index is 0.0841. The van der Waals surface area contributed by atoms with Crippen LogP contribution in [0, 0.1) is 5.92 Å². The van der Waals surface area contributed by atoms with Gasteiger partial charge in [0.25, 0.3) is 0 Å². The Kier molecular flexibility index (Phi) is 4.52. The van der Waals surface area contributed by atoms with Crippen molar-refractivity contribution in [1.29, 1.82) is 0 Å². The fraction of sp³-hybridized carbons (Fsp3) is 0.765. The van der Waals surface area contributed by atoms with Crippen LogP contribution in [0.5, 0.6) is 0 Å². The molecule has 0 aromatic carbocycles. The van der Waals surface area contributed by atoms with Gasteiger partial charge < -0.3 is 14.6 Å². The van der Waals surface area contributed by atoms with Crippen molar-refractivity contribution in [2.75, 3.05) is 13.6 Å². The molecular weight excluding hydrogens is 278 g/mol. The van der Waals surface area contributed by atoms with Gasteiger partial charge in [0.15, 0.2) is 0 Å². The van der Waals surface area contributed by atoms with Gasteiger partial charge >= 0.3 is 0 Å². The number of hydrogen-bond donors (Lipinski definition) is 1. The molecule has 0 bridgehead atoms. The average molecular weight is 305 g/mol. The van der Waals surface area contributed by atoms with Crippen LogP contribution >= 0.6 is 0 Å². The maximum atomic E-state index is 12.4. The lowest BCUT2D eigenvalue weighted by atomic mass is 9.82. The smallest absolute Gasteiger partial charge is 0.225 e. The molecule has 0 radical (unpaired) electrons. The van der Waals surface area contributed by atoms with Crippen molar-refractivity contribution in [2.45, 2.75) is 63.5 Å². The van der Waals surface area contributed by atoms with Crippen molar-refractivity contribution in [2.24, 2.45) is 5.92 Å². The molecule has 0 saturated heterocycles. The minimum atomic E-state index is -0.756. The molecule has 1 amide bonds. The molecule has 0 spiro atoms. The highest BCUT2D eigenvalue weighted by Crippen LogP contribution is 2.31. The lowest BCUT2D eigenvalue weighted by Gasteiger charge is -2.34. The molecule has 2 aliphatic rings. The van der Waals surface area contributed by atoms with Crippen LogP contribution in [0.25, 0.3) is 0 Å². The van der Waals surface area contributed by atoms with Crippen molar-refractivity contribution in [3.63, 3.8) is 0 Å². The van der Waals surface area contributed by atoms with E-state index in [1.54, 1.807) is 0 Å². The maximum absolute atomic E-state index is 12.4. The number of nitrogens with zero attached hydrogens (tertiary/aromatic N) is 3. The molecule has 2 heterocycles. The van der Waals surface area contributed by atoms with E-state index in [0.717, 1.165) is 57.4 Å². The molecule has 1 aliphatic carbocycles. The number of aliphatic hydroxyl groups is 1. The molecule has 1 N–H and O–H groups in total. The largest absolute Gasteiger partial charge is 0.389 e. The van der Waals surface area contributed by atoms with Gasteiger partial charge in [-0.15, -0.1) is 0 Å². The summed E-state index contributed by atoms with van der Waals surface area (Å²) in [5.41, 5.74) is -0.756. The molecule has 1 fully saturated rings. The van der Waals surface area contributed by atoms with Crippen LogP contribution in [-0.4, -0.2) is 44.7 Å². The van der Waals surface area contributed by atoms with Gasteiger partial charge in [-0.1, -0.05) is 19.3 Å². The quantitative estimate of drug-likeness (QED) is 0.925. The van der Waals surface area contributed by atoms with Gasteiger partial charge in [-0.3, -0.25) is 4.79 Å². The third kappa shape index (κ3) is 3.51. The standard InChI is InChI=1S/C17H27N3O2/c1-19(16(21)11-17(22)7-3-2-4-8-17)12-14-5-6-15-18-9-10-20(15)13-14/h9-10,14,22H,2-8,11-13H2,1H3/t14-/m1/s1. The number of hydrogen-bond acceptors (Lipinski definition) is 3. The van der Waals surface area contributed by atoms with Gasteiger partial charge in [0.05, 0.1) is 12.0 Å². The fourth-order valence-corrected chi connectivity index (χ4v) is 3.88. The summed E-state index contributed by atoms with van der Waals surface area (Å²) in [6, 6.07) is 0. The van der Waals surface area contributed by atoms with Crippen LogP contribution in [0.1, 0.15) is 50.8 Å². The topological polar surface area (TPSA) is 58.4 Å². The summed E-state index contributed by atoms with van der Waals surface area (Å²) >= 11 is 0. The summed E-state index contributed by atoms with van der Waals surface area (Å²) in [4.78, 5) is 18.6. The lowest BCUT2D eigenvalue weighted by Crippen LogP contribution is -2.41. The molecule has 22 heavy (non-hydrogen) atoms. The van der Waals surface area contributed by atoms with Crippen molar-refractivity contribution >= 4 is 5.91 Å². The normalized spacial score (nSPS) is 23.8. The molecular formula is C17H27N3O2. The highest BCUT2D eigenvalue weighted by atomic mass is 16.3. The van der Waals surface area contributed by atoms with Crippen molar-refractivity contribution in [3.05, 3.63) is 18.2 Å². The number of amides is 1. The second-order valence-electron chi connectivity index (χ2n) is 7.14. The predicted octanol–water partition coefficient (Wildman–Crippen LogP) is 1.99. The number of imidazole rings is 1. The van der Waals surface area contributed by atoms with E-state index in [0.29, 0.717) is 5.92 Å². The third-order valence-corrected chi connectivity index (χ3v) is 5.26. The predicted molar refractivity (Wildman–Crippen MR) is 84.3 cm³/mol. The Hall–Kier alpha value is -1.36. The van der Waals surface area contributed by atoms with E-state index >= 15 is 0 Å². The van der Waals surface area contributed by atoms with E-state index in [9.17, 15) is 9.90 Å². The van der Waals surface area contributed by atoms with Crippen LogP contribution in [0.3, 0.4) is 0 Å². The van der Waals surface area contributed by atoms with E-state index in [1.165, 1.54) is 6.42 Å². The van der Waals surface area contributed by atoms with E-state index in [2.05, 4.69) is 9.55 Å². The van der Waals surface area contributed by atoms with Crippen molar-refractivity contribution in [3.8, 4) is 0 Å². The van der Waals surface area contributed by atoms with Crippen molar-refractivity contribution < 1.29 is 9.90 Å². The lowest BCUT2D eigenvalue weighted by molar-refractivity contribution is -0.137. The highest BCUT2D eigenvalue weighted by molar-refractivity contribution is 5.77. The Balaban J connectivity index is 1.51. The second kappa shape index (κ2) is 6.41. The molecule has 1 aromatic rings. The Morgan fingerprint density at radius 2 is 2.23 bits per heavy atom. The first-order valence-corrected chi connectivity index (χ1v) is 8.52. The summed E-state index contributed by atoms with van der Waals surface area (Å²) in [6.45, 7) is 1.71. The molecule has 1 saturated carbocycles. The summed E-state index contributed by atoms with van der Waals surface area (Å²) in [7, 11) is 1.87. The first-order chi connectivity index (χ1) is 10.6. The molecule has 3 rings (SSSR count). The zero-order chi connectivity index (χ0) is 15.6. The van der Waals surface area contributed by atoms with Crippen LogP contribution in [0.4, 0.5) is 0 Å². The average Bonchev–Trinajstić information content (AvgIpc) is 2.95. The Labute approximate surface area is 132 Å². The molecule has 122 valence electrons. The second-order valence-corrected chi connectivity index (χ2v) is 7.14. The molecule has 5 nitrogen and oxygen atoms in total. The highest BCUT2D eigenvalue weighted by Gasteiger charge is 2.33. The number of rotatable bonds is 4. The summed E-state index contributed by atoms with van der Waals surface area (Å²) < 4.78 is 2.20. The van der Waals surface area contributed by atoms with Gasteiger partial charge in [0.2, 0.25) is 5.91 Å². The zero-order valence-electron chi connectivity index (χ0n) is 13.5. The number of carbonyl (C=O) groups excluding carboxylic acids is 1. The summed E-state index contributed by atoms with van der Waals surface area (Å²) in [6.07, 6.45) is 11.0. The van der Waals surface area contributed by atoms with Crippen LogP contribution in [0.2, 0.25) is 0 Å². The molecule has 1 aliphatic heterocycles. The van der Waals surface area contributed by atoms with Crippen LogP contribution in [0.15, 0.2) is 12.4 Å². The number of aryl methyl sites for hydroxylation is 1. The third-order valence-electron chi connectivity index (χ3n) is 5.26. The molecule has 5 heteroatoms. The van der Waals surface area contributed by atoms with Gasteiger partial charge in [0, 0.05) is 39.0 Å². The molecule has 1 atom stereocenters. The van der Waals surface area contributed by atoms with Crippen molar-refractivity contribution in [1.82, 2.24) is 14.5 Å². The van der Waals surface area contributed by atoms with E-state index in [-0.39, 0.29) is 12.3 Å². The first-order valence-electron chi connectivity index (χ1n) is 8.52.